The van der Waals surface area contributed by atoms with E-state index in [-0.39, 0.29) is 24.1 Å². The lowest BCUT2D eigenvalue weighted by Gasteiger charge is -2.39. The highest BCUT2D eigenvalue weighted by atomic mass is 16.5. The Morgan fingerprint density at radius 3 is 2.26 bits per heavy atom. The van der Waals surface area contributed by atoms with E-state index >= 15 is 0 Å². The number of hydrogen-bond acceptors (Lipinski definition) is 3. The average Bonchev–Trinajstić information content (AvgIpc) is 3.21. The van der Waals surface area contributed by atoms with Crippen molar-refractivity contribution >= 4 is 11.9 Å². The Bertz CT molecular complexity index is 648. The summed E-state index contributed by atoms with van der Waals surface area (Å²) >= 11 is 0. The smallest absolute Gasteiger partial charge is 0.318 e. The number of ether oxygens (including phenoxy) is 1. The molecule has 2 aliphatic heterocycles. The number of benzene rings is 1. The number of nitrogens with one attached hydrogen (secondary N) is 1. The second-order valence-electron chi connectivity index (χ2n) is 7.84. The molecule has 146 valence electrons. The summed E-state index contributed by atoms with van der Waals surface area (Å²) < 4.78 is 5.50. The summed E-state index contributed by atoms with van der Waals surface area (Å²) in [6.07, 6.45) is 5.09. The maximum atomic E-state index is 12.8. The van der Waals surface area contributed by atoms with Crippen LogP contribution < -0.4 is 5.32 Å². The van der Waals surface area contributed by atoms with Crippen molar-refractivity contribution in [2.24, 2.45) is 5.92 Å². The van der Waals surface area contributed by atoms with Crippen LogP contribution in [0.25, 0.3) is 0 Å². The first kappa shape index (κ1) is 18.3. The van der Waals surface area contributed by atoms with Gasteiger partial charge in [0.05, 0.1) is 6.04 Å². The van der Waals surface area contributed by atoms with Crippen molar-refractivity contribution in [3.05, 3.63) is 35.9 Å². The zero-order valence-electron chi connectivity index (χ0n) is 15.8. The third-order valence-corrected chi connectivity index (χ3v) is 6.14. The summed E-state index contributed by atoms with van der Waals surface area (Å²) in [6, 6.07) is 10.3. The van der Waals surface area contributed by atoms with Gasteiger partial charge in [-0.15, -0.1) is 0 Å². The molecule has 3 aliphatic rings. The van der Waals surface area contributed by atoms with Crippen LogP contribution in [0.5, 0.6) is 0 Å². The number of piperazine rings is 1. The molecule has 2 saturated heterocycles. The lowest BCUT2D eigenvalue weighted by atomic mass is 9.77. The van der Waals surface area contributed by atoms with E-state index in [0.29, 0.717) is 38.7 Å². The van der Waals surface area contributed by atoms with Crippen LogP contribution in [0.1, 0.15) is 43.7 Å². The maximum absolute atomic E-state index is 12.8. The van der Waals surface area contributed by atoms with Gasteiger partial charge in [0.15, 0.2) is 0 Å². The summed E-state index contributed by atoms with van der Waals surface area (Å²) in [6.45, 7) is 3.02. The van der Waals surface area contributed by atoms with E-state index in [2.05, 4.69) is 17.4 Å². The number of carbonyl (C=O) groups is 2. The Hall–Kier alpha value is -2.08. The molecule has 0 radical (unpaired) electrons. The minimum atomic E-state index is -0.272. The van der Waals surface area contributed by atoms with Crippen molar-refractivity contribution < 1.29 is 14.3 Å². The Balaban J connectivity index is 1.32. The Morgan fingerprint density at radius 1 is 0.963 bits per heavy atom. The van der Waals surface area contributed by atoms with Gasteiger partial charge in [-0.2, -0.15) is 0 Å². The molecular formula is C21H29N3O3. The number of rotatable bonds is 4. The zero-order valence-corrected chi connectivity index (χ0v) is 15.8. The molecule has 1 aromatic carbocycles. The Labute approximate surface area is 160 Å². The van der Waals surface area contributed by atoms with Crippen LogP contribution in [0.15, 0.2) is 30.3 Å². The Kier molecular flexibility index (Phi) is 5.62. The van der Waals surface area contributed by atoms with Gasteiger partial charge >= 0.3 is 6.03 Å². The fraction of sp³-hybridized carbons (Fsp3) is 0.619. The third-order valence-electron chi connectivity index (χ3n) is 6.14. The highest BCUT2D eigenvalue weighted by Crippen LogP contribution is 2.37. The monoisotopic (exact) mass is 371 g/mol. The molecule has 3 amide bonds. The van der Waals surface area contributed by atoms with Gasteiger partial charge in [-0.1, -0.05) is 36.8 Å². The van der Waals surface area contributed by atoms with Crippen LogP contribution in [0.4, 0.5) is 4.79 Å². The number of hydrogen-bond donors (Lipinski definition) is 1. The van der Waals surface area contributed by atoms with E-state index in [0.717, 1.165) is 12.8 Å². The second-order valence-corrected chi connectivity index (χ2v) is 7.84. The highest BCUT2D eigenvalue weighted by Gasteiger charge is 2.34. The SMILES string of the molecule is O=C(N[C@H](c1ccccc1)C1CCC1)N1CCN(C(=O)[C@H]2CCCO2)CC1. The number of urea groups is 1. The van der Waals surface area contributed by atoms with E-state index in [1.54, 1.807) is 0 Å². The van der Waals surface area contributed by atoms with E-state index in [9.17, 15) is 9.59 Å². The molecular weight excluding hydrogens is 342 g/mol. The van der Waals surface area contributed by atoms with E-state index < -0.39 is 0 Å². The van der Waals surface area contributed by atoms with E-state index in [4.69, 9.17) is 4.74 Å². The molecule has 27 heavy (non-hydrogen) atoms. The van der Waals surface area contributed by atoms with Gasteiger partial charge in [-0.3, -0.25) is 4.79 Å². The zero-order chi connectivity index (χ0) is 18.6. The van der Waals surface area contributed by atoms with Crippen LogP contribution >= 0.6 is 0 Å². The summed E-state index contributed by atoms with van der Waals surface area (Å²) in [4.78, 5) is 29.0. The number of nitrogens with zero attached hydrogens (tertiary/aromatic N) is 2. The summed E-state index contributed by atoms with van der Waals surface area (Å²) in [5.74, 6) is 0.614. The summed E-state index contributed by atoms with van der Waals surface area (Å²) in [5.41, 5.74) is 1.18. The van der Waals surface area contributed by atoms with Gasteiger partial charge in [-0.25, -0.2) is 4.79 Å². The minimum absolute atomic E-state index is 0.0139. The lowest BCUT2D eigenvalue weighted by Crippen LogP contribution is -2.55. The largest absolute Gasteiger partial charge is 0.368 e. The van der Waals surface area contributed by atoms with Gasteiger partial charge < -0.3 is 19.9 Å². The summed E-state index contributed by atoms with van der Waals surface area (Å²) in [7, 11) is 0. The third kappa shape index (κ3) is 4.10. The van der Waals surface area contributed by atoms with Crippen LogP contribution in [0, 0.1) is 5.92 Å². The van der Waals surface area contributed by atoms with Crippen LogP contribution in [-0.4, -0.2) is 60.6 Å². The average molecular weight is 371 g/mol. The number of carbonyl (C=O) groups excluding carboxylic acids is 2. The predicted octanol–water partition coefficient (Wildman–Crippen LogP) is 2.56. The molecule has 0 spiro atoms. The van der Waals surface area contributed by atoms with Crippen LogP contribution in [0.3, 0.4) is 0 Å². The normalized spacial score (nSPS) is 24.4. The molecule has 6 nitrogen and oxygen atoms in total. The van der Waals surface area contributed by atoms with Crippen LogP contribution in [-0.2, 0) is 9.53 Å². The van der Waals surface area contributed by atoms with Gasteiger partial charge in [0.2, 0.25) is 0 Å². The van der Waals surface area contributed by atoms with Crippen molar-refractivity contribution in [1.29, 1.82) is 0 Å². The van der Waals surface area contributed by atoms with E-state index in [1.165, 1.54) is 24.8 Å². The van der Waals surface area contributed by atoms with Crippen LogP contribution in [0.2, 0.25) is 0 Å². The molecule has 1 aliphatic carbocycles. The molecule has 2 atom stereocenters. The van der Waals surface area contributed by atoms with Gasteiger partial charge in [-0.05, 0) is 37.2 Å². The molecule has 1 saturated carbocycles. The first-order valence-corrected chi connectivity index (χ1v) is 10.2. The molecule has 6 heteroatoms. The number of amides is 3. The maximum Gasteiger partial charge on any atom is 0.318 e. The van der Waals surface area contributed by atoms with Crippen molar-refractivity contribution in [3.63, 3.8) is 0 Å². The van der Waals surface area contributed by atoms with Gasteiger partial charge in [0, 0.05) is 32.8 Å². The quantitative estimate of drug-likeness (QED) is 0.885. The molecule has 1 N–H and O–H groups in total. The molecule has 3 fully saturated rings. The first-order chi connectivity index (χ1) is 13.2. The van der Waals surface area contributed by atoms with Crippen molar-refractivity contribution in [3.8, 4) is 0 Å². The molecule has 0 bridgehead atoms. The molecule has 0 aromatic heterocycles. The highest BCUT2D eigenvalue weighted by molar-refractivity contribution is 5.82. The minimum Gasteiger partial charge on any atom is -0.368 e. The van der Waals surface area contributed by atoms with Crippen molar-refractivity contribution in [1.82, 2.24) is 15.1 Å². The Morgan fingerprint density at radius 2 is 1.67 bits per heavy atom. The lowest BCUT2D eigenvalue weighted by molar-refractivity contribution is -0.142. The van der Waals surface area contributed by atoms with Gasteiger partial charge in [0.1, 0.15) is 6.10 Å². The molecule has 2 heterocycles. The second kappa shape index (κ2) is 8.30. The predicted molar refractivity (Wildman–Crippen MR) is 102 cm³/mol. The van der Waals surface area contributed by atoms with Crippen molar-refractivity contribution in [2.45, 2.75) is 44.2 Å². The molecule has 1 aromatic rings. The standard InChI is InChI=1S/C21H29N3O3/c25-20(18-10-5-15-27-18)23-11-13-24(14-12-23)21(26)22-19(17-8-4-9-17)16-6-2-1-3-7-16/h1-3,6-7,17-19H,4-5,8-15H2,(H,22,26)/t18-,19-/m1/s1. The topological polar surface area (TPSA) is 61.9 Å². The van der Waals surface area contributed by atoms with E-state index in [1.807, 2.05) is 28.0 Å². The molecule has 0 unspecified atom stereocenters. The van der Waals surface area contributed by atoms with Gasteiger partial charge in [0.25, 0.3) is 5.91 Å². The summed E-state index contributed by atoms with van der Waals surface area (Å²) in [5, 5.41) is 3.26. The fourth-order valence-electron chi connectivity index (χ4n) is 4.24. The first-order valence-electron chi connectivity index (χ1n) is 10.2. The van der Waals surface area contributed by atoms with Crippen molar-refractivity contribution in [2.75, 3.05) is 32.8 Å². The molecule has 4 rings (SSSR count). The fourth-order valence-corrected chi connectivity index (χ4v) is 4.24.